The van der Waals surface area contributed by atoms with Gasteiger partial charge >= 0.3 is 0 Å². The van der Waals surface area contributed by atoms with Gasteiger partial charge in [-0.3, -0.25) is 4.79 Å². The van der Waals surface area contributed by atoms with E-state index in [-0.39, 0.29) is 11.7 Å². The molecule has 1 rings (SSSR count). The molecular formula is C12H18Cl3N3O2. The highest BCUT2D eigenvalue weighted by Gasteiger charge is 2.47. The summed E-state index contributed by atoms with van der Waals surface area (Å²) < 4.78 is -0.779. The summed E-state index contributed by atoms with van der Waals surface area (Å²) in [4.78, 5) is 16.5. The number of alkyl halides is 3. The van der Waals surface area contributed by atoms with Crippen LogP contribution in [0.4, 0.5) is 0 Å². The highest BCUT2D eigenvalue weighted by Crippen LogP contribution is 2.40. The number of halogens is 3. The van der Waals surface area contributed by atoms with Gasteiger partial charge < -0.3 is 5.11 Å². The SMILES string of the molecule is CC(C)C(C)(C)C(=O)C(C(O)C(Cl)(Cl)Cl)n1cncn1. The Morgan fingerprint density at radius 2 is 1.85 bits per heavy atom. The van der Waals surface area contributed by atoms with Crippen LogP contribution in [-0.2, 0) is 4.79 Å². The predicted molar refractivity (Wildman–Crippen MR) is 79.0 cm³/mol. The van der Waals surface area contributed by atoms with Crippen molar-refractivity contribution in [3.63, 3.8) is 0 Å². The van der Waals surface area contributed by atoms with Gasteiger partial charge in [-0.25, -0.2) is 9.67 Å². The molecule has 0 aromatic carbocycles. The normalized spacial score (nSPS) is 16.2. The molecule has 0 saturated carbocycles. The van der Waals surface area contributed by atoms with Crippen molar-refractivity contribution in [1.82, 2.24) is 14.8 Å². The number of nitrogens with zero attached hydrogens (tertiary/aromatic N) is 3. The van der Waals surface area contributed by atoms with Crippen LogP contribution in [0.5, 0.6) is 0 Å². The van der Waals surface area contributed by atoms with Gasteiger partial charge in [-0.05, 0) is 5.92 Å². The summed E-state index contributed by atoms with van der Waals surface area (Å²) in [6.45, 7) is 7.40. The maximum Gasteiger partial charge on any atom is 0.218 e. The first-order valence-electron chi connectivity index (χ1n) is 6.12. The van der Waals surface area contributed by atoms with Gasteiger partial charge in [0.25, 0.3) is 0 Å². The van der Waals surface area contributed by atoms with Crippen molar-refractivity contribution in [3.8, 4) is 0 Å². The van der Waals surface area contributed by atoms with Gasteiger partial charge in [0, 0.05) is 5.41 Å². The lowest BCUT2D eigenvalue weighted by Gasteiger charge is -2.35. The Morgan fingerprint density at radius 3 is 2.20 bits per heavy atom. The second-order valence-corrected chi connectivity index (χ2v) is 7.92. The minimum absolute atomic E-state index is 0.0450. The van der Waals surface area contributed by atoms with Crippen molar-refractivity contribution >= 4 is 40.6 Å². The zero-order valence-electron chi connectivity index (χ0n) is 11.7. The van der Waals surface area contributed by atoms with Crippen molar-refractivity contribution in [2.45, 2.75) is 43.6 Å². The van der Waals surface area contributed by atoms with Crippen molar-refractivity contribution in [3.05, 3.63) is 12.7 Å². The summed E-state index contributed by atoms with van der Waals surface area (Å²) in [5.41, 5.74) is -0.715. The van der Waals surface area contributed by atoms with E-state index in [1.165, 1.54) is 17.3 Å². The van der Waals surface area contributed by atoms with Gasteiger partial charge in [-0.1, -0.05) is 62.5 Å². The topological polar surface area (TPSA) is 68.0 Å². The quantitative estimate of drug-likeness (QED) is 0.836. The van der Waals surface area contributed by atoms with Gasteiger partial charge in [-0.15, -0.1) is 0 Å². The minimum atomic E-state index is -2.00. The molecule has 0 amide bonds. The fraction of sp³-hybridized carbons (Fsp3) is 0.750. The predicted octanol–water partition coefficient (Wildman–Crippen LogP) is 2.80. The molecule has 0 saturated heterocycles. The van der Waals surface area contributed by atoms with Crippen LogP contribution >= 0.6 is 34.8 Å². The van der Waals surface area contributed by atoms with E-state index in [2.05, 4.69) is 10.1 Å². The Bertz CT molecular complexity index is 455. The summed E-state index contributed by atoms with van der Waals surface area (Å²) in [5, 5.41) is 14.1. The van der Waals surface area contributed by atoms with Crippen LogP contribution in [0, 0.1) is 11.3 Å². The third kappa shape index (κ3) is 3.64. The number of carbonyl (C=O) groups excluding carboxylic acids is 1. The molecule has 1 aromatic heterocycles. The first-order valence-corrected chi connectivity index (χ1v) is 7.26. The molecule has 0 aliphatic heterocycles. The summed E-state index contributed by atoms with van der Waals surface area (Å²) in [7, 11) is 0. The number of hydrogen-bond donors (Lipinski definition) is 1. The fourth-order valence-corrected chi connectivity index (χ4v) is 1.97. The number of aliphatic hydroxyl groups excluding tert-OH is 1. The van der Waals surface area contributed by atoms with Gasteiger partial charge in [0.15, 0.2) is 5.78 Å². The molecule has 0 radical (unpaired) electrons. The second kappa shape index (κ2) is 6.18. The molecule has 1 aromatic rings. The number of carbonyl (C=O) groups is 1. The zero-order chi connectivity index (χ0) is 15.7. The molecule has 0 fully saturated rings. The Balaban J connectivity index is 3.23. The lowest BCUT2D eigenvalue weighted by molar-refractivity contribution is -0.136. The number of hydrogen-bond acceptors (Lipinski definition) is 4. The maximum atomic E-state index is 12.8. The van der Waals surface area contributed by atoms with Gasteiger partial charge in [-0.2, -0.15) is 5.10 Å². The number of aliphatic hydroxyl groups is 1. The molecule has 8 heteroatoms. The van der Waals surface area contributed by atoms with Crippen LogP contribution in [0.2, 0.25) is 0 Å². The third-order valence-electron chi connectivity index (χ3n) is 3.70. The molecule has 0 aliphatic rings. The maximum absolute atomic E-state index is 12.8. The van der Waals surface area contributed by atoms with Crippen molar-refractivity contribution in [1.29, 1.82) is 0 Å². The van der Waals surface area contributed by atoms with Crippen LogP contribution in [0.1, 0.15) is 33.7 Å². The van der Waals surface area contributed by atoms with Gasteiger partial charge in [0.05, 0.1) is 0 Å². The van der Waals surface area contributed by atoms with Crippen LogP contribution in [0.3, 0.4) is 0 Å². The number of Topliss-reactive ketones (excluding diaryl/α,β-unsaturated/α-hetero) is 1. The molecule has 1 heterocycles. The van der Waals surface area contributed by atoms with E-state index in [1.54, 1.807) is 13.8 Å². The van der Waals surface area contributed by atoms with E-state index in [1.807, 2.05) is 13.8 Å². The summed E-state index contributed by atoms with van der Waals surface area (Å²) in [5.74, 6) is -0.222. The molecule has 1 N–H and O–H groups in total. The Hall–Kier alpha value is -0.360. The smallest absolute Gasteiger partial charge is 0.218 e. The molecule has 0 aliphatic carbocycles. The van der Waals surface area contributed by atoms with E-state index >= 15 is 0 Å². The van der Waals surface area contributed by atoms with Crippen LogP contribution in [-0.4, -0.2) is 35.6 Å². The second-order valence-electron chi connectivity index (χ2n) is 5.55. The average Bonchev–Trinajstić information content (AvgIpc) is 2.81. The number of ketones is 1. The lowest BCUT2D eigenvalue weighted by Crippen LogP contribution is -2.46. The molecule has 5 nitrogen and oxygen atoms in total. The molecular weight excluding hydrogens is 325 g/mol. The molecule has 0 bridgehead atoms. The van der Waals surface area contributed by atoms with E-state index in [4.69, 9.17) is 34.8 Å². The Kier molecular flexibility index (Phi) is 5.46. The first kappa shape index (κ1) is 17.7. The van der Waals surface area contributed by atoms with E-state index in [9.17, 15) is 9.90 Å². The van der Waals surface area contributed by atoms with E-state index in [0.717, 1.165) is 0 Å². The largest absolute Gasteiger partial charge is 0.386 e. The van der Waals surface area contributed by atoms with Crippen LogP contribution in [0.25, 0.3) is 0 Å². The molecule has 114 valence electrons. The molecule has 2 unspecified atom stereocenters. The summed E-state index contributed by atoms with van der Waals surface area (Å²) >= 11 is 17.2. The zero-order valence-corrected chi connectivity index (χ0v) is 14.0. The highest BCUT2D eigenvalue weighted by atomic mass is 35.6. The highest BCUT2D eigenvalue weighted by molar-refractivity contribution is 6.68. The standard InChI is InChI=1S/C12H18Cl3N3O2/c1-7(2)11(3,4)9(19)8(10(20)12(13,14)15)18-6-16-5-17-18/h5-8,10,20H,1-4H3. The third-order valence-corrected chi connectivity index (χ3v) is 4.37. The molecule has 0 spiro atoms. The van der Waals surface area contributed by atoms with E-state index < -0.39 is 21.4 Å². The van der Waals surface area contributed by atoms with Gasteiger partial charge in [0.2, 0.25) is 3.79 Å². The van der Waals surface area contributed by atoms with Crippen molar-refractivity contribution < 1.29 is 9.90 Å². The first-order chi connectivity index (χ1) is 8.99. The monoisotopic (exact) mass is 341 g/mol. The number of rotatable bonds is 5. The number of aromatic nitrogens is 3. The minimum Gasteiger partial charge on any atom is -0.386 e. The van der Waals surface area contributed by atoms with E-state index in [0.29, 0.717) is 0 Å². The average molecular weight is 343 g/mol. The van der Waals surface area contributed by atoms with Crippen molar-refractivity contribution in [2.75, 3.05) is 0 Å². The lowest BCUT2D eigenvalue weighted by atomic mass is 9.74. The summed E-state index contributed by atoms with van der Waals surface area (Å²) in [6, 6.07) is -1.11. The molecule has 2 atom stereocenters. The van der Waals surface area contributed by atoms with Gasteiger partial charge in [0.1, 0.15) is 24.8 Å². The van der Waals surface area contributed by atoms with Crippen LogP contribution in [0.15, 0.2) is 12.7 Å². The fourth-order valence-electron chi connectivity index (χ4n) is 1.61. The van der Waals surface area contributed by atoms with Crippen molar-refractivity contribution in [2.24, 2.45) is 11.3 Å². The van der Waals surface area contributed by atoms with Crippen LogP contribution < -0.4 is 0 Å². The Labute approximate surface area is 133 Å². The Morgan fingerprint density at radius 1 is 1.30 bits per heavy atom. The molecule has 20 heavy (non-hydrogen) atoms. The summed E-state index contributed by atoms with van der Waals surface area (Å²) in [6.07, 6.45) is 1.05.